The van der Waals surface area contributed by atoms with Crippen molar-refractivity contribution in [3.05, 3.63) is 25.8 Å². The molecule has 0 spiro atoms. The lowest BCUT2D eigenvalue weighted by atomic mass is 10.1. The van der Waals surface area contributed by atoms with E-state index < -0.39 is 0 Å². The lowest BCUT2D eigenvalue weighted by molar-refractivity contribution is 0.640. The molecule has 3 nitrogen and oxygen atoms in total. The summed E-state index contributed by atoms with van der Waals surface area (Å²) in [6.07, 6.45) is 1.00. The third-order valence-electron chi connectivity index (χ3n) is 2.14. The highest BCUT2D eigenvalue weighted by Crippen LogP contribution is 2.25. The van der Waals surface area contributed by atoms with Gasteiger partial charge in [0.15, 0.2) is 0 Å². The van der Waals surface area contributed by atoms with Crippen LogP contribution in [-0.2, 0) is 13.0 Å². The van der Waals surface area contributed by atoms with Gasteiger partial charge in [-0.25, -0.2) is 0 Å². The van der Waals surface area contributed by atoms with Crippen molar-refractivity contribution in [2.75, 3.05) is 5.32 Å². The molecule has 0 aliphatic heterocycles. The quantitative estimate of drug-likeness (QED) is 0.893. The van der Waals surface area contributed by atoms with Crippen LogP contribution in [0.2, 0.25) is 0 Å². The summed E-state index contributed by atoms with van der Waals surface area (Å²) in [6.45, 7) is 5.18. The minimum atomic E-state index is 0.627. The van der Waals surface area contributed by atoms with Crippen LogP contribution < -0.4 is 5.32 Å². The highest BCUT2D eigenvalue weighted by Gasteiger charge is 2.07. The molecule has 0 amide bonds. The number of anilines is 1. The van der Waals surface area contributed by atoms with Gasteiger partial charge in [0.1, 0.15) is 5.01 Å². The Kier molecular flexibility index (Phi) is 4.53. The summed E-state index contributed by atoms with van der Waals surface area (Å²) in [5, 5.41) is 15.7. The average Bonchev–Trinajstić information content (AvgIpc) is 2.84. The molecule has 1 N–H and O–H groups in total. The Labute approximate surface area is 117 Å². The Morgan fingerprint density at radius 1 is 1.41 bits per heavy atom. The standard InChI is InChI=1S/C11H14BrN3S2/c1-7(2)5-10-14-15-11(17-10)13-6-9-8(12)3-4-16-9/h3-4,7H,5-6H2,1-2H3,(H,13,15). The fourth-order valence-electron chi connectivity index (χ4n) is 1.36. The molecular formula is C11H14BrN3S2. The molecule has 2 aromatic rings. The first-order chi connectivity index (χ1) is 8.15. The number of hydrogen-bond donors (Lipinski definition) is 1. The number of thiophene rings is 1. The molecule has 0 atom stereocenters. The van der Waals surface area contributed by atoms with Crippen LogP contribution >= 0.6 is 38.6 Å². The zero-order chi connectivity index (χ0) is 12.3. The summed E-state index contributed by atoms with van der Waals surface area (Å²) in [7, 11) is 0. The van der Waals surface area contributed by atoms with E-state index in [1.165, 1.54) is 4.88 Å². The molecular weight excluding hydrogens is 318 g/mol. The Hall–Kier alpha value is -0.460. The van der Waals surface area contributed by atoms with E-state index in [0.717, 1.165) is 27.6 Å². The first kappa shape index (κ1) is 13.0. The summed E-state index contributed by atoms with van der Waals surface area (Å²) in [4.78, 5) is 1.28. The van der Waals surface area contributed by atoms with E-state index in [4.69, 9.17) is 0 Å². The largest absolute Gasteiger partial charge is 0.355 e. The predicted molar refractivity (Wildman–Crippen MR) is 77.8 cm³/mol. The minimum Gasteiger partial charge on any atom is -0.355 e. The van der Waals surface area contributed by atoms with Crippen LogP contribution in [0.1, 0.15) is 23.7 Å². The Bertz CT molecular complexity index is 479. The number of aromatic nitrogens is 2. The minimum absolute atomic E-state index is 0.627. The topological polar surface area (TPSA) is 37.8 Å². The van der Waals surface area contributed by atoms with Crippen LogP contribution in [0.5, 0.6) is 0 Å². The summed E-state index contributed by atoms with van der Waals surface area (Å²) < 4.78 is 1.15. The summed E-state index contributed by atoms with van der Waals surface area (Å²) in [6, 6.07) is 2.06. The molecule has 0 aliphatic rings. The van der Waals surface area contributed by atoms with Crippen molar-refractivity contribution in [3.8, 4) is 0 Å². The maximum absolute atomic E-state index is 4.18. The third-order valence-corrected chi connectivity index (χ3v) is 4.97. The molecule has 2 aromatic heterocycles. The van der Waals surface area contributed by atoms with Gasteiger partial charge in [-0.05, 0) is 33.3 Å². The molecule has 0 unspecified atom stereocenters. The van der Waals surface area contributed by atoms with Gasteiger partial charge >= 0.3 is 0 Å². The van der Waals surface area contributed by atoms with Gasteiger partial charge in [0.2, 0.25) is 5.13 Å². The molecule has 0 saturated carbocycles. The van der Waals surface area contributed by atoms with Crippen LogP contribution in [0, 0.1) is 5.92 Å². The second kappa shape index (κ2) is 5.93. The number of rotatable bonds is 5. The molecule has 17 heavy (non-hydrogen) atoms. The zero-order valence-corrected chi connectivity index (χ0v) is 13.0. The fraction of sp³-hybridized carbons (Fsp3) is 0.455. The summed E-state index contributed by atoms with van der Waals surface area (Å²) in [5.74, 6) is 0.627. The van der Waals surface area contributed by atoms with Gasteiger partial charge in [-0.3, -0.25) is 0 Å². The zero-order valence-electron chi connectivity index (χ0n) is 9.74. The molecule has 0 aromatic carbocycles. The average molecular weight is 332 g/mol. The Balaban J connectivity index is 1.91. The van der Waals surface area contributed by atoms with E-state index in [1.807, 2.05) is 0 Å². The molecule has 0 aliphatic carbocycles. The second-order valence-electron chi connectivity index (χ2n) is 4.14. The van der Waals surface area contributed by atoms with Crippen LogP contribution in [0.25, 0.3) is 0 Å². The summed E-state index contributed by atoms with van der Waals surface area (Å²) in [5.41, 5.74) is 0. The molecule has 0 radical (unpaired) electrons. The molecule has 2 heterocycles. The second-order valence-corrected chi connectivity index (χ2v) is 7.06. The highest BCUT2D eigenvalue weighted by atomic mass is 79.9. The number of nitrogens with one attached hydrogen (secondary N) is 1. The van der Waals surface area contributed by atoms with Crippen LogP contribution in [-0.4, -0.2) is 10.2 Å². The van der Waals surface area contributed by atoms with Gasteiger partial charge in [-0.1, -0.05) is 25.2 Å². The van der Waals surface area contributed by atoms with Crippen molar-refractivity contribution in [2.45, 2.75) is 26.8 Å². The van der Waals surface area contributed by atoms with Gasteiger partial charge in [-0.2, -0.15) is 0 Å². The predicted octanol–water partition coefficient (Wildman–Crippen LogP) is 4.17. The first-order valence-electron chi connectivity index (χ1n) is 5.43. The number of halogens is 1. The lowest BCUT2D eigenvalue weighted by Gasteiger charge is -2.00. The monoisotopic (exact) mass is 331 g/mol. The SMILES string of the molecule is CC(C)Cc1nnc(NCc2sccc2Br)s1. The first-order valence-corrected chi connectivity index (χ1v) is 7.92. The Morgan fingerprint density at radius 2 is 2.24 bits per heavy atom. The smallest absolute Gasteiger partial charge is 0.205 e. The Morgan fingerprint density at radius 3 is 2.88 bits per heavy atom. The van der Waals surface area contributed by atoms with Crippen molar-refractivity contribution in [1.82, 2.24) is 10.2 Å². The third kappa shape index (κ3) is 3.76. The highest BCUT2D eigenvalue weighted by molar-refractivity contribution is 9.10. The lowest BCUT2D eigenvalue weighted by Crippen LogP contribution is -1.97. The summed E-state index contributed by atoms with van der Waals surface area (Å²) >= 11 is 6.89. The van der Waals surface area contributed by atoms with E-state index in [9.17, 15) is 0 Å². The van der Waals surface area contributed by atoms with Crippen molar-refractivity contribution in [1.29, 1.82) is 0 Å². The van der Waals surface area contributed by atoms with E-state index >= 15 is 0 Å². The van der Waals surface area contributed by atoms with Crippen molar-refractivity contribution in [2.24, 2.45) is 5.92 Å². The molecule has 2 rings (SSSR count). The molecule has 0 fully saturated rings. The fourth-order valence-corrected chi connectivity index (χ4v) is 3.74. The number of nitrogens with zero attached hydrogens (tertiary/aromatic N) is 2. The maximum atomic E-state index is 4.18. The van der Waals surface area contributed by atoms with Gasteiger partial charge in [0, 0.05) is 15.8 Å². The molecule has 0 saturated heterocycles. The van der Waals surface area contributed by atoms with Gasteiger partial charge in [0.05, 0.1) is 6.54 Å². The van der Waals surface area contributed by atoms with Crippen LogP contribution in [0.15, 0.2) is 15.9 Å². The van der Waals surface area contributed by atoms with Gasteiger partial charge in [0.25, 0.3) is 0 Å². The van der Waals surface area contributed by atoms with Crippen LogP contribution in [0.3, 0.4) is 0 Å². The normalized spacial score (nSPS) is 11.1. The van der Waals surface area contributed by atoms with E-state index in [2.05, 4.69) is 56.7 Å². The van der Waals surface area contributed by atoms with Crippen molar-refractivity contribution in [3.63, 3.8) is 0 Å². The van der Waals surface area contributed by atoms with E-state index in [0.29, 0.717) is 5.92 Å². The maximum Gasteiger partial charge on any atom is 0.205 e. The van der Waals surface area contributed by atoms with E-state index in [1.54, 1.807) is 22.7 Å². The molecule has 92 valence electrons. The van der Waals surface area contributed by atoms with E-state index in [-0.39, 0.29) is 0 Å². The van der Waals surface area contributed by atoms with Gasteiger partial charge in [-0.15, -0.1) is 21.5 Å². The number of hydrogen-bond acceptors (Lipinski definition) is 5. The van der Waals surface area contributed by atoms with Crippen molar-refractivity contribution < 1.29 is 0 Å². The molecule has 0 bridgehead atoms. The van der Waals surface area contributed by atoms with Gasteiger partial charge < -0.3 is 5.32 Å². The molecule has 6 heteroatoms. The van der Waals surface area contributed by atoms with Crippen molar-refractivity contribution >= 4 is 43.7 Å². The van der Waals surface area contributed by atoms with Crippen LogP contribution in [0.4, 0.5) is 5.13 Å².